The van der Waals surface area contributed by atoms with Crippen LogP contribution in [0.5, 0.6) is 0 Å². The second-order valence-electron chi connectivity index (χ2n) is 1.73. The van der Waals surface area contributed by atoms with E-state index >= 15 is 0 Å². The number of carbonyl (C=O) groups is 2. The zero-order chi connectivity index (χ0) is 7.40. The van der Waals surface area contributed by atoms with Crippen LogP contribution < -0.4 is 0 Å². The van der Waals surface area contributed by atoms with Crippen LogP contribution in [0.15, 0.2) is 0 Å². The Morgan fingerprint density at radius 2 is 2.60 bits per heavy atom. The van der Waals surface area contributed by atoms with Crippen molar-refractivity contribution in [3.8, 4) is 0 Å². The molecule has 5 nitrogen and oxygen atoms in total. The fourth-order valence-corrected chi connectivity index (χ4v) is 0.594. The van der Waals surface area contributed by atoms with Gasteiger partial charge in [-0.3, -0.25) is 4.79 Å². The Balaban J connectivity index is 2.18. The predicted molar refractivity (Wildman–Crippen MR) is 28.2 cm³/mol. The quantitative estimate of drug-likeness (QED) is 0.404. The largest absolute Gasteiger partial charge is 0.508 e. The molecule has 1 saturated heterocycles. The van der Waals surface area contributed by atoms with Crippen LogP contribution in [0.3, 0.4) is 0 Å². The molecule has 1 heterocycles. The molecular formula is C5H6O5. The Bertz CT molecular complexity index is 143. The standard InChI is InChI=1S/C5H6O5/c6-3-8-1-4-2-9-5(7)10-4/h3-4H,1-2H2. The molecular weight excluding hydrogens is 140 g/mol. The van der Waals surface area contributed by atoms with Gasteiger partial charge in [0.15, 0.2) is 6.10 Å². The maximum absolute atomic E-state index is 10.2. The maximum atomic E-state index is 10.2. The van der Waals surface area contributed by atoms with E-state index in [2.05, 4.69) is 14.2 Å². The fraction of sp³-hybridized carbons (Fsp3) is 0.600. The molecule has 0 aliphatic carbocycles. The molecule has 0 radical (unpaired) electrons. The van der Waals surface area contributed by atoms with E-state index in [9.17, 15) is 9.59 Å². The molecule has 5 heteroatoms. The summed E-state index contributed by atoms with van der Waals surface area (Å²) in [6, 6.07) is 0. The minimum atomic E-state index is -0.709. The molecule has 0 aromatic rings. The molecule has 0 spiro atoms. The van der Waals surface area contributed by atoms with Gasteiger partial charge in [-0.2, -0.15) is 0 Å². The SMILES string of the molecule is O=COCC1COC(=O)O1. The van der Waals surface area contributed by atoms with Gasteiger partial charge in [0.2, 0.25) is 0 Å². The summed E-state index contributed by atoms with van der Waals surface area (Å²) in [6.45, 7) is 0.522. The van der Waals surface area contributed by atoms with E-state index in [0.717, 1.165) is 0 Å². The predicted octanol–water partition coefficient (Wildman–Crippen LogP) is -0.305. The van der Waals surface area contributed by atoms with Crippen molar-refractivity contribution in [2.24, 2.45) is 0 Å². The highest BCUT2D eigenvalue weighted by Crippen LogP contribution is 2.05. The second-order valence-corrected chi connectivity index (χ2v) is 1.73. The molecule has 0 saturated carbocycles. The van der Waals surface area contributed by atoms with Crippen LogP contribution in [0, 0.1) is 0 Å². The van der Waals surface area contributed by atoms with Crippen LogP contribution in [0.4, 0.5) is 4.79 Å². The van der Waals surface area contributed by atoms with E-state index < -0.39 is 12.3 Å². The molecule has 0 amide bonds. The van der Waals surface area contributed by atoms with Crippen LogP contribution in [0.25, 0.3) is 0 Å². The Labute approximate surface area is 56.9 Å². The van der Waals surface area contributed by atoms with Gasteiger partial charge >= 0.3 is 6.16 Å². The molecule has 0 N–H and O–H groups in total. The van der Waals surface area contributed by atoms with E-state index in [1.54, 1.807) is 0 Å². The summed E-state index contributed by atoms with van der Waals surface area (Å²) in [7, 11) is 0. The number of carbonyl (C=O) groups excluding carboxylic acids is 2. The highest BCUT2D eigenvalue weighted by atomic mass is 16.8. The third-order valence-corrected chi connectivity index (χ3v) is 1.00. The van der Waals surface area contributed by atoms with Gasteiger partial charge < -0.3 is 14.2 Å². The lowest BCUT2D eigenvalue weighted by Gasteiger charge is -2.01. The van der Waals surface area contributed by atoms with Crippen molar-refractivity contribution >= 4 is 12.6 Å². The van der Waals surface area contributed by atoms with Crippen molar-refractivity contribution in [2.45, 2.75) is 6.10 Å². The normalized spacial score (nSPS) is 23.2. The Morgan fingerprint density at radius 1 is 1.80 bits per heavy atom. The van der Waals surface area contributed by atoms with E-state index in [1.807, 2.05) is 0 Å². The first kappa shape index (κ1) is 6.85. The molecule has 1 rings (SSSR count). The monoisotopic (exact) mass is 146 g/mol. The van der Waals surface area contributed by atoms with Gasteiger partial charge in [-0.1, -0.05) is 0 Å². The number of hydrogen-bond donors (Lipinski definition) is 0. The van der Waals surface area contributed by atoms with Gasteiger partial charge in [0.05, 0.1) is 0 Å². The van der Waals surface area contributed by atoms with Crippen molar-refractivity contribution in [1.29, 1.82) is 0 Å². The van der Waals surface area contributed by atoms with Crippen LogP contribution in [-0.2, 0) is 19.0 Å². The number of cyclic esters (lactones) is 2. The average molecular weight is 146 g/mol. The third kappa shape index (κ3) is 1.61. The van der Waals surface area contributed by atoms with Crippen molar-refractivity contribution in [3.63, 3.8) is 0 Å². The summed E-state index contributed by atoms with van der Waals surface area (Å²) in [6.07, 6.45) is -1.14. The van der Waals surface area contributed by atoms with E-state index in [4.69, 9.17) is 0 Å². The van der Waals surface area contributed by atoms with Crippen LogP contribution in [0.1, 0.15) is 0 Å². The number of rotatable bonds is 3. The smallest absolute Gasteiger partial charge is 0.464 e. The Hall–Kier alpha value is -1.26. The van der Waals surface area contributed by atoms with Gasteiger partial charge in [-0.25, -0.2) is 4.79 Å². The van der Waals surface area contributed by atoms with E-state index in [1.165, 1.54) is 0 Å². The lowest BCUT2D eigenvalue weighted by molar-refractivity contribution is -0.130. The van der Waals surface area contributed by atoms with Gasteiger partial charge in [0.25, 0.3) is 6.47 Å². The minimum absolute atomic E-state index is 0.0647. The zero-order valence-electron chi connectivity index (χ0n) is 5.11. The van der Waals surface area contributed by atoms with Crippen LogP contribution in [-0.4, -0.2) is 31.9 Å². The summed E-state index contributed by atoms with van der Waals surface area (Å²) in [5, 5.41) is 0. The van der Waals surface area contributed by atoms with Crippen molar-refractivity contribution in [2.75, 3.05) is 13.2 Å². The first-order valence-corrected chi connectivity index (χ1v) is 2.71. The molecule has 10 heavy (non-hydrogen) atoms. The average Bonchev–Trinajstić information content (AvgIpc) is 2.31. The summed E-state index contributed by atoms with van der Waals surface area (Å²) in [5.41, 5.74) is 0. The molecule has 1 unspecified atom stereocenters. The molecule has 1 fully saturated rings. The topological polar surface area (TPSA) is 61.8 Å². The summed E-state index contributed by atoms with van der Waals surface area (Å²) in [5.74, 6) is 0. The minimum Gasteiger partial charge on any atom is -0.464 e. The lowest BCUT2D eigenvalue weighted by Crippen LogP contribution is -2.17. The van der Waals surface area contributed by atoms with Crippen LogP contribution in [0.2, 0.25) is 0 Å². The van der Waals surface area contributed by atoms with E-state index in [0.29, 0.717) is 6.47 Å². The molecule has 1 atom stereocenters. The molecule has 0 aromatic carbocycles. The first-order chi connectivity index (χ1) is 4.83. The van der Waals surface area contributed by atoms with Crippen LogP contribution >= 0.6 is 0 Å². The molecule has 56 valence electrons. The third-order valence-electron chi connectivity index (χ3n) is 1.00. The molecule has 1 aliphatic heterocycles. The van der Waals surface area contributed by atoms with Gasteiger partial charge in [-0.15, -0.1) is 0 Å². The van der Waals surface area contributed by atoms with Crippen molar-refractivity contribution < 1.29 is 23.8 Å². The van der Waals surface area contributed by atoms with Gasteiger partial charge in [0, 0.05) is 0 Å². The Morgan fingerprint density at radius 3 is 3.10 bits per heavy atom. The van der Waals surface area contributed by atoms with Gasteiger partial charge in [0.1, 0.15) is 13.2 Å². The summed E-state index contributed by atoms with van der Waals surface area (Å²) >= 11 is 0. The second kappa shape index (κ2) is 3.05. The van der Waals surface area contributed by atoms with Crippen molar-refractivity contribution in [1.82, 2.24) is 0 Å². The highest BCUT2D eigenvalue weighted by Gasteiger charge is 2.24. The highest BCUT2D eigenvalue weighted by molar-refractivity contribution is 5.61. The number of ether oxygens (including phenoxy) is 3. The summed E-state index contributed by atoms with van der Waals surface area (Å²) < 4.78 is 13.3. The molecule has 1 aliphatic rings. The lowest BCUT2D eigenvalue weighted by atomic mass is 10.4. The number of hydrogen-bond acceptors (Lipinski definition) is 5. The molecule has 0 aromatic heterocycles. The zero-order valence-corrected chi connectivity index (χ0v) is 5.11. The molecule has 0 bridgehead atoms. The Kier molecular flexibility index (Phi) is 2.09. The van der Waals surface area contributed by atoms with E-state index in [-0.39, 0.29) is 13.2 Å². The van der Waals surface area contributed by atoms with Gasteiger partial charge in [-0.05, 0) is 0 Å². The first-order valence-electron chi connectivity index (χ1n) is 2.71. The summed E-state index contributed by atoms with van der Waals surface area (Å²) in [4.78, 5) is 19.9. The fourth-order valence-electron chi connectivity index (χ4n) is 0.594. The van der Waals surface area contributed by atoms with Crippen molar-refractivity contribution in [3.05, 3.63) is 0 Å². The maximum Gasteiger partial charge on any atom is 0.508 e.